The molecule has 28 heavy (non-hydrogen) atoms. The van der Waals surface area contributed by atoms with Gasteiger partial charge >= 0.3 is 0 Å². The van der Waals surface area contributed by atoms with E-state index < -0.39 is 9.84 Å². The third kappa shape index (κ3) is 4.07. The number of rotatable bonds is 4. The van der Waals surface area contributed by atoms with E-state index in [2.05, 4.69) is 14.9 Å². The lowest BCUT2D eigenvalue weighted by molar-refractivity contribution is 0.223. The highest BCUT2D eigenvalue weighted by Gasteiger charge is 2.22. The minimum atomic E-state index is -3.40. The van der Waals surface area contributed by atoms with Crippen molar-refractivity contribution in [2.24, 2.45) is 0 Å². The molecule has 0 atom stereocenters. The molecule has 1 aliphatic rings. The van der Waals surface area contributed by atoms with Crippen molar-refractivity contribution in [3.63, 3.8) is 0 Å². The molecular formula is C19H17Cl2N3O3S. The molecule has 3 heterocycles. The molecule has 2 aromatic heterocycles. The number of hydrogen-bond donors (Lipinski definition) is 0. The maximum absolute atomic E-state index is 11.6. The van der Waals surface area contributed by atoms with Gasteiger partial charge in [0.1, 0.15) is 11.5 Å². The smallest absolute Gasteiger partial charge is 0.246 e. The summed E-state index contributed by atoms with van der Waals surface area (Å²) in [6.45, 7) is 2.00. The molecule has 0 amide bonds. The minimum absolute atomic E-state index is 0.117. The summed E-state index contributed by atoms with van der Waals surface area (Å²) in [6.07, 6.45) is 3.38. The second kappa shape index (κ2) is 7.48. The van der Waals surface area contributed by atoms with Crippen LogP contribution < -0.4 is 0 Å². The summed E-state index contributed by atoms with van der Waals surface area (Å²) in [6, 6.07) is 9.06. The molecule has 0 N–H and O–H groups in total. The van der Waals surface area contributed by atoms with E-state index in [-0.39, 0.29) is 5.16 Å². The molecule has 1 aromatic carbocycles. The van der Waals surface area contributed by atoms with Crippen LogP contribution in [0.4, 0.5) is 0 Å². The average Bonchev–Trinajstić information content (AvgIpc) is 3.10. The quantitative estimate of drug-likeness (QED) is 0.573. The summed E-state index contributed by atoms with van der Waals surface area (Å²) >= 11 is 12.3. The van der Waals surface area contributed by atoms with Gasteiger partial charge in [-0.3, -0.25) is 4.90 Å². The van der Waals surface area contributed by atoms with Crippen LogP contribution in [0.5, 0.6) is 0 Å². The molecule has 6 nitrogen and oxygen atoms in total. The SMILES string of the molecule is CS(=O)(=O)c1ncc2c(n1)CCN(Cc1ccc(-c3cc(Cl)ccc3Cl)o1)C2. The molecule has 1 aliphatic heterocycles. The molecule has 0 fully saturated rings. The number of aromatic nitrogens is 2. The Labute approximate surface area is 173 Å². The summed E-state index contributed by atoms with van der Waals surface area (Å²) in [4.78, 5) is 10.4. The molecular weight excluding hydrogens is 421 g/mol. The lowest BCUT2D eigenvalue weighted by atomic mass is 10.1. The number of halogens is 2. The fourth-order valence-electron chi connectivity index (χ4n) is 3.18. The topological polar surface area (TPSA) is 76.3 Å². The number of nitrogens with zero attached hydrogens (tertiary/aromatic N) is 3. The summed E-state index contributed by atoms with van der Waals surface area (Å²) in [7, 11) is -3.40. The second-order valence-corrected chi connectivity index (χ2v) is 9.50. The van der Waals surface area contributed by atoms with Crippen molar-refractivity contribution >= 4 is 33.0 Å². The first-order valence-corrected chi connectivity index (χ1v) is 11.3. The summed E-state index contributed by atoms with van der Waals surface area (Å²) in [5.41, 5.74) is 2.48. The van der Waals surface area contributed by atoms with Crippen LogP contribution in [0.25, 0.3) is 11.3 Å². The zero-order chi connectivity index (χ0) is 19.9. The molecule has 0 unspecified atom stereocenters. The number of hydrogen-bond acceptors (Lipinski definition) is 6. The first-order chi connectivity index (χ1) is 13.3. The van der Waals surface area contributed by atoms with Crippen LogP contribution in [0.15, 0.2) is 46.1 Å². The third-order valence-corrected chi connectivity index (χ3v) is 5.98. The predicted molar refractivity (Wildman–Crippen MR) is 107 cm³/mol. The fraction of sp³-hybridized carbons (Fsp3) is 0.263. The molecule has 0 radical (unpaired) electrons. The van der Waals surface area contributed by atoms with Crippen molar-refractivity contribution < 1.29 is 12.8 Å². The number of furan rings is 1. The first kappa shape index (κ1) is 19.4. The monoisotopic (exact) mass is 437 g/mol. The number of benzene rings is 1. The van der Waals surface area contributed by atoms with E-state index in [1.54, 1.807) is 24.4 Å². The second-order valence-electron chi connectivity index (χ2n) is 6.75. The van der Waals surface area contributed by atoms with Crippen LogP contribution in [0.1, 0.15) is 17.0 Å². The standard InChI is InChI=1S/C19H17Cl2N3O3S/c1-28(25,26)19-22-9-12-10-24(7-6-17(12)23-19)11-14-3-5-18(27-14)15-8-13(20)2-4-16(15)21/h2-5,8-9H,6-7,10-11H2,1H3. The van der Waals surface area contributed by atoms with E-state index in [0.29, 0.717) is 35.3 Å². The van der Waals surface area contributed by atoms with Gasteiger partial charge in [-0.15, -0.1) is 0 Å². The van der Waals surface area contributed by atoms with E-state index in [0.717, 1.165) is 35.4 Å². The van der Waals surface area contributed by atoms with Crippen LogP contribution in [0.2, 0.25) is 10.0 Å². The fourth-order valence-corrected chi connectivity index (χ4v) is 4.09. The molecule has 0 saturated carbocycles. The van der Waals surface area contributed by atoms with Gasteiger partial charge < -0.3 is 4.42 Å². The Hall–Kier alpha value is -1.93. The number of fused-ring (bicyclic) bond motifs is 1. The lowest BCUT2D eigenvalue weighted by Gasteiger charge is -2.27. The van der Waals surface area contributed by atoms with E-state index >= 15 is 0 Å². The zero-order valence-corrected chi connectivity index (χ0v) is 17.4. The van der Waals surface area contributed by atoms with Gasteiger partial charge in [-0.05, 0) is 30.3 Å². The molecule has 0 saturated heterocycles. The van der Waals surface area contributed by atoms with Crippen molar-refractivity contribution in [3.05, 3.63) is 63.6 Å². The Kier molecular flexibility index (Phi) is 5.18. The van der Waals surface area contributed by atoms with Crippen LogP contribution in [0, 0.1) is 0 Å². The Morgan fingerprint density at radius 2 is 2.04 bits per heavy atom. The summed E-state index contributed by atoms with van der Waals surface area (Å²) in [5, 5.41) is 1.06. The highest BCUT2D eigenvalue weighted by Crippen LogP contribution is 2.32. The lowest BCUT2D eigenvalue weighted by Crippen LogP contribution is -2.31. The van der Waals surface area contributed by atoms with E-state index in [9.17, 15) is 8.42 Å². The van der Waals surface area contributed by atoms with Crippen LogP contribution in [-0.2, 0) is 29.3 Å². The largest absolute Gasteiger partial charge is 0.460 e. The summed E-state index contributed by atoms with van der Waals surface area (Å²) < 4.78 is 29.2. The maximum Gasteiger partial charge on any atom is 0.246 e. The van der Waals surface area contributed by atoms with Gasteiger partial charge in [0.25, 0.3) is 0 Å². The molecule has 0 aliphatic carbocycles. The van der Waals surface area contributed by atoms with Gasteiger partial charge in [-0.2, -0.15) is 0 Å². The van der Waals surface area contributed by atoms with Crippen molar-refractivity contribution in [1.29, 1.82) is 0 Å². The van der Waals surface area contributed by atoms with E-state index in [1.165, 1.54) is 0 Å². The Balaban J connectivity index is 1.49. The highest BCUT2D eigenvalue weighted by molar-refractivity contribution is 7.90. The molecule has 9 heteroatoms. The van der Waals surface area contributed by atoms with Crippen molar-refractivity contribution in [2.45, 2.75) is 24.7 Å². The Morgan fingerprint density at radius 3 is 2.82 bits per heavy atom. The van der Waals surface area contributed by atoms with Crippen LogP contribution in [0.3, 0.4) is 0 Å². The normalized spacial score (nSPS) is 14.8. The van der Waals surface area contributed by atoms with Crippen molar-refractivity contribution in [3.8, 4) is 11.3 Å². The van der Waals surface area contributed by atoms with E-state index in [4.69, 9.17) is 27.6 Å². The van der Waals surface area contributed by atoms with Gasteiger partial charge in [0.15, 0.2) is 0 Å². The molecule has 146 valence electrons. The minimum Gasteiger partial charge on any atom is -0.460 e. The van der Waals surface area contributed by atoms with Gasteiger partial charge in [0.2, 0.25) is 15.0 Å². The van der Waals surface area contributed by atoms with Crippen LogP contribution in [-0.4, -0.2) is 36.1 Å². The summed E-state index contributed by atoms with van der Waals surface area (Å²) in [5.74, 6) is 1.48. The molecule has 3 aromatic rings. The van der Waals surface area contributed by atoms with Gasteiger partial charge in [0, 0.05) is 48.1 Å². The van der Waals surface area contributed by atoms with Gasteiger partial charge in [-0.1, -0.05) is 23.2 Å². The molecule has 4 rings (SSSR count). The van der Waals surface area contributed by atoms with Crippen LogP contribution >= 0.6 is 23.2 Å². The predicted octanol–water partition coefficient (Wildman–Crippen LogP) is 4.01. The van der Waals surface area contributed by atoms with Gasteiger partial charge in [0.05, 0.1) is 17.3 Å². The zero-order valence-electron chi connectivity index (χ0n) is 15.0. The Morgan fingerprint density at radius 1 is 1.21 bits per heavy atom. The van der Waals surface area contributed by atoms with Crippen molar-refractivity contribution in [2.75, 3.05) is 12.8 Å². The first-order valence-electron chi connectivity index (χ1n) is 8.61. The Bertz CT molecular complexity index is 1150. The van der Waals surface area contributed by atoms with Gasteiger partial charge in [-0.25, -0.2) is 18.4 Å². The van der Waals surface area contributed by atoms with Crippen molar-refractivity contribution in [1.82, 2.24) is 14.9 Å². The maximum atomic E-state index is 11.6. The average molecular weight is 438 g/mol. The highest BCUT2D eigenvalue weighted by atomic mass is 35.5. The van der Waals surface area contributed by atoms with E-state index in [1.807, 2.05) is 12.1 Å². The molecule has 0 bridgehead atoms. The third-order valence-electron chi connectivity index (χ3n) is 4.56. The molecule has 0 spiro atoms. The number of sulfone groups is 1.